The Labute approximate surface area is 154 Å². The molecule has 0 saturated heterocycles. The van der Waals surface area contributed by atoms with Crippen LogP contribution in [-0.2, 0) is 4.79 Å². The smallest absolute Gasteiger partial charge is 0.279 e. The van der Waals surface area contributed by atoms with Crippen molar-refractivity contribution in [1.29, 1.82) is 0 Å². The third kappa shape index (κ3) is 4.93. The Balaban J connectivity index is 1.94. The number of nitro benzene ring substituents is 1. The van der Waals surface area contributed by atoms with Crippen molar-refractivity contribution in [2.45, 2.75) is 20.0 Å². The number of hydrogen-bond acceptors (Lipinski definition) is 5. The SMILES string of the molecule is Cc1cc(Cl)ccc1OC(C)C(=O)NNC(=O)c1cccc([N+](=O)[O-])c1. The third-order valence-corrected chi connectivity index (χ3v) is 3.66. The van der Waals surface area contributed by atoms with Crippen molar-refractivity contribution in [1.82, 2.24) is 10.9 Å². The van der Waals surface area contributed by atoms with Gasteiger partial charge in [0.15, 0.2) is 6.10 Å². The predicted octanol–water partition coefficient (Wildman–Crippen LogP) is 2.79. The molecular weight excluding hydrogens is 362 g/mol. The van der Waals surface area contributed by atoms with Crippen LogP contribution in [0, 0.1) is 17.0 Å². The number of nitrogens with zero attached hydrogens (tertiary/aromatic N) is 1. The summed E-state index contributed by atoms with van der Waals surface area (Å²) in [5.41, 5.74) is 5.00. The van der Waals surface area contributed by atoms with Gasteiger partial charge < -0.3 is 4.74 Å². The molecule has 2 aromatic rings. The maximum absolute atomic E-state index is 12.1. The number of benzene rings is 2. The quantitative estimate of drug-likeness (QED) is 0.614. The van der Waals surface area contributed by atoms with E-state index in [9.17, 15) is 19.7 Å². The molecule has 0 saturated carbocycles. The number of hydrogen-bond donors (Lipinski definition) is 2. The number of aryl methyl sites for hydroxylation is 1. The summed E-state index contributed by atoms with van der Waals surface area (Å²) in [5, 5.41) is 11.3. The molecule has 0 fully saturated rings. The molecule has 0 aliphatic rings. The van der Waals surface area contributed by atoms with Crippen LogP contribution in [0.5, 0.6) is 5.75 Å². The first-order chi connectivity index (χ1) is 12.3. The van der Waals surface area contributed by atoms with E-state index in [0.29, 0.717) is 10.8 Å². The van der Waals surface area contributed by atoms with Crippen LogP contribution in [0.15, 0.2) is 42.5 Å². The van der Waals surface area contributed by atoms with E-state index in [0.717, 1.165) is 11.6 Å². The zero-order chi connectivity index (χ0) is 19.3. The molecule has 2 rings (SSSR count). The largest absolute Gasteiger partial charge is 0.481 e. The molecule has 2 amide bonds. The monoisotopic (exact) mass is 377 g/mol. The average molecular weight is 378 g/mol. The van der Waals surface area contributed by atoms with E-state index in [4.69, 9.17) is 16.3 Å². The van der Waals surface area contributed by atoms with E-state index in [1.54, 1.807) is 25.1 Å². The Kier molecular flexibility index (Phi) is 6.13. The van der Waals surface area contributed by atoms with Crippen LogP contribution in [0.1, 0.15) is 22.8 Å². The fourth-order valence-electron chi connectivity index (χ4n) is 2.04. The molecule has 0 heterocycles. The molecule has 0 spiro atoms. The highest BCUT2D eigenvalue weighted by molar-refractivity contribution is 6.30. The Bertz CT molecular complexity index is 856. The molecule has 0 bridgehead atoms. The van der Waals surface area contributed by atoms with Crippen LogP contribution >= 0.6 is 11.6 Å². The zero-order valence-electron chi connectivity index (χ0n) is 14.0. The van der Waals surface area contributed by atoms with Crippen molar-refractivity contribution in [2.24, 2.45) is 0 Å². The minimum absolute atomic E-state index is 0.0432. The standard InChI is InChI=1S/C17H16ClN3O5/c1-10-8-13(18)6-7-15(10)26-11(2)16(22)19-20-17(23)12-4-3-5-14(9-12)21(24)25/h3-9,11H,1-2H3,(H,19,22)(H,20,23). The van der Waals surface area contributed by atoms with Gasteiger partial charge in [0.1, 0.15) is 5.75 Å². The van der Waals surface area contributed by atoms with Gasteiger partial charge >= 0.3 is 0 Å². The first-order valence-electron chi connectivity index (χ1n) is 7.55. The van der Waals surface area contributed by atoms with Crippen molar-refractivity contribution in [3.63, 3.8) is 0 Å². The fourth-order valence-corrected chi connectivity index (χ4v) is 2.27. The number of halogens is 1. The summed E-state index contributed by atoms with van der Waals surface area (Å²) < 4.78 is 5.54. The van der Waals surface area contributed by atoms with Crippen molar-refractivity contribution < 1.29 is 19.2 Å². The van der Waals surface area contributed by atoms with Crippen molar-refractivity contribution in [3.05, 3.63) is 68.7 Å². The van der Waals surface area contributed by atoms with E-state index < -0.39 is 22.8 Å². The molecule has 0 aliphatic heterocycles. The molecule has 136 valence electrons. The summed E-state index contributed by atoms with van der Waals surface area (Å²) in [6, 6.07) is 10.1. The van der Waals surface area contributed by atoms with Crippen molar-refractivity contribution in [2.75, 3.05) is 0 Å². The van der Waals surface area contributed by atoms with E-state index in [-0.39, 0.29) is 11.3 Å². The third-order valence-electron chi connectivity index (χ3n) is 3.43. The second-order valence-electron chi connectivity index (χ2n) is 5.42. The molecule has 0 radical (unpaired) electrons. The lowest BCUT2D eigenvalue weighted by Gasteiger charge is -2.16. The molecule has 26 heavy (non-hydrogen) atoms. The molecule has 2 N–H and O–H groups in total. The van der Waals surface area contributed by atoms with Crippen LogP contribution in [0.2, 0.25) is 5.02 Å². The number of amides is 2. The summed E-state index contributed by atoms with van der Waals surface area (Å²) >= 11 is 5.87. The summed E-state index contributed by atoms with van der Waals surface area (Å²) in [4.78, 5) is 34.2. The zero-order valence-corrected chi connectivity index (χ0v) is 14.7. The van der Waals surface area contributed by atoms with Crippen molar-refractivity contribution >= 4 is 29.1 Å². The van der Waals surface area contributed by atoms with Gasteiger partial charge in [-0.25, -0.2) is 0 Å². The van der Waals surface area contributed by atoms with Gasteiger partial charge in [-0.3, -0.25) is 30.6 Å². The van der Waals surface area contributed by atoms with Gasteiger partial charge in [0.05, 0.1) is 4.92 Å². The van der Waals surface area contributed by atoms with Gasteiger partial charge in [-0.2, -0.15) is 0 Å². The van der Waals surface area contributed by atoms with Gasteiger partial charge in [-0.1, -0.05) is 17.7 Å². The highest BCUT2D eigenvalue weighted by Crippen LogP contribution is 2.22. The molecule has 1 atom stereocenters. The lowest BCUT2D eigenvalue weighted by molar-refractivity contribution is -0.384. The Morgan fingerprint density at radius 2 is 1.92 bits per heavy atom. The number of ether oxygens (including phenoxy) is 1. The van der Waals surface area contributed by atoms with Crippen LogP contribution in [0.25, 0.3) is 0 Å². The highest BCUT2D eigenvalue weighted by Gasteiger charge is 2.17. The van der Waals surface area contributed by atoms with E-state index in [1.165, 1.54) is 25.1 Å². The first kappa shape index (κ1) is 19.2. The number of hydrazine groups is 1. The molecular formula is C17H16ClN3O5. The predicted molar refractivity (Wildman–Crippen MR) is 95.0 cm³/mol. The normalized spacial score (nSPS) is 11.3. The van der Waals surface area contributed by atoms with E-state index >= 15 is 0 Å². The number of non-ortho nitro benzene ring substituents is 1. The lowest BCUT2D eigenvalue weighted by atomic mass is 10.2. The minimum Gasteiger partial charge on any atom is -0.481 e. The summed E-state index contributed by atoms with van der Waals surface area (Å²) in [6.07, 6.45) is -0.889. The molecule has 8 nitrogen and oxygen atoms in total. The second-order valence-corrected chi connectivity index (χ2v) is 5.86. The number of nitrogens with one attached hydrogen (secondary N) is 2. The van der Waals surface area contributed by atoms with Crippen LogP contribution in [0.3, 0.4) is 0 Å². The maximum Gasteiger partial charge on any atom is 0.279 e. The maximum atomic E-state index is 12.1. The number of rotatable bonds is 5. The van der Waals surface area contributed by atoms with Crippen molar-refractivity contribution in [3.8, 4) is 5.75 Å². The molecule has 0 aromatic heterocycles. The van der Waals surface area contributed by atoms with Gasteiger partial charge in [-0.05, 0) is 43.7 Å². The number of carbonyl (C=O) groups is 2. The van der Waals surface area contributed by atoms with Gasteiger partial charge in [0.2, 0.25) is 0 Å². The van der Waals surface area contributed by atoms with Gasteiger partial charge in [0, 0.05) is 22.7 Å². The average Bonchev–Trinajstić information content (AvgIpc) is 2.61. The number of carbonyl (C=O) groups excluding carboxylic acids is 2. The summed E-state index contributed by atoms with van der Waals surface area (Å²) in [6.45, 7) is 3.30. The Hall–Kier alpha value is -3.13. The summed E-state index contributed by atoms with van der Waals surface area (Å²) in [5.74, 6) is -0.780. The molecule has 2 aromatic carbocycles. The molecule has 0 aliphatic carbocycles. The number of nitro groups is 1. The summed E-state index contributed by atoms with van der Waals surface area (Å²) in [7, 11) is 0. The van der Waals surface area contributed by atoms with Crippen LogP contribution in [-0.4, -0.2) is 22.8 Å². The van der Waals surface area contributed by atoms with Crippen LogP contribution in [0.4, 0.5) is 5.69 Å². The minimum atomic E-state index is -0.889. The Morgan fingerprint density at radius 1 is 1.19 bits per heavy atom. The van der Waals surface area contributed by atoms with Gasteiger partial charge in [-0.15, -0.1) is 0 Å². The Morgan fingerprint density at radius 3 is 2.58 bits per heavy atom. The highest BCUT2D eigenvalue weighted by atomic mass is 35.5. The topological polar surface area (TPSA) is 111 Å². The lowest BCUT2D eigenvalue weighted by Crippen LogP contribution is -2.47. The van der Waals surface area contributed by atoms with E-state index in [1.807, 2.05) is 0 Å². The molecule has 1 unspecified atom stereocenters. The van der Waals surface area contributed by atoms with Crippen LogP contribution < -0.4 is 15.6 Å². The fraction of sp³-hybridized carbons (Fsp3) is 0.176. The van der Waals surface area contributed by atoms with E-state index in [2.05, 4.69) is 10.9 Å². The molecule has 9 heteroatoms. The first-order valence-corrected chi connectivity index (χ1v) is 7.93. The second kappa shape index (κ2) is 8.30. The van der Waals surface area contributed by atoms with Gasteiger partial charge in [0.25, 0.3) is 17.5 Å².